The monoisotopic (exact) mass is 417 g/mol. The van der Waals surface area contributed by atoms with Gasteiger partial charge in [0.1, 0.15) is 13.2 Å². The van der Waals surface area contributed by atoms with E-state index in [2.05, 4.69) is 5.32 Å². The molecule has 1 amide bonds. The summed E-state index contributed by atoms with van der Waals surface area (Å²) >= 11 is 0. The minimum Gasteiger partial charge on any atom is -0.493 e. The Morgan fingerprint density at radius 3 is 2.16 bits per heavy atom. The van der Waals surface area contributed by atoms with Crippen LogP contribution in [0.25, 0.3) is 11.6 Å². The highest BCUT2D eigenvalue weighted by molar-refractivity contribution is 6.34. The summed E-state index contributed by atoms with van der Waals surface area (Å²) in [6.07, 6.45) is 1.85. The maximum atomic E-state index is 12.3. The van der Waals surface area contributed by atoms with Crippen molar-refractivity contribution in [1.29, 1.82) is 0 Å². The highest BCUT2D eigenvalue weighted by Gasteiger charge is 2.23. The fourth-order valence-electron chi connectivity index (χ4n) is 3.38. The van der Waals surface area contributed by atoms with Gasteiger partial charge >= 0.3 is 0 Å². The maximum absolute atomic E-state index is 12.3. The number of rotatable bonds is 8. The molecule has 158 valence electrons. The fourth-order valence-corrected chi connectivity index (χ4v) is 3.38. The van der Waals surface area contributed by atoms with Crippen molar-refractivity contribution in [2.24, 2.45) is 0 Å². The molecule has 0 atom stereocenters. The lowest BCUT2D eigenvalue weighted by atomic mass is 10.0. The summed E-state index contributed by atoms with van der Waals surface area (Å²) in [4.78, 5) is 12.3. The first kappa shape index (κ1) is 20.3. The molecule has 0 aliphatic carbocycles. The van der Waals surface area contributed by atoms with E-state index in [-0.39, 0.29) is 5.91 Å². The number of para-hydroxylation sites is 3. The molecule has 1 aliphatic heterocycles. The van der Waals surface area contributed by atoms with Crippen molar-refractivity contribution in [2.75, 3.05) is 32.8 Å². The molecular weight excluding hydrogens is 394 g/mol. The molecule has 0 radical (unpaired) electrons. The van der Waals surface area contributed by atoms with Gasteiger partial charge in [-0.1, -0.05) is 36.4 Å². The van der Waals surface area contributed by atoms with Crippen LogP contribution in [-0.4, -0.2) is 33.3 Å². The lowest BCUT2D eigenvalue weighted by molar-refractivity contribution is -0.110. The van der Waals surface area contributed by atoms with Crippen LogP contribution in [0.4, 0.5) is 5.69 Å². The second-order valence-corrected chi connectivity index (χ2v) is 6.82. The molecule has 0 unspecified atom stereocenters. The zero-order chi connectivity index (χ0) is 21.6. The largest absolute Gasteiger partial charge is 0.493 e. The summed E-state index contributed by atoms with van der Waals surface area (Å²) in [6.45, 7) is 0.691. The van der Waals surface area contributed by atoms with E-state index in [9.17, 15) is 4.79 Å². The SMILES string of the molecule is COc1ccccc1OCCOc1ccc(/C=C2/C(=O)Nc3ccccc32)cc1OC. The Balaban J connectivity index is 1.43. The molecule has 3 aromatic rings. The predicted octanol–water partition coefficient (Wildman–Crippen LogP) is 4.65. The number of nitrogens with one attached hydrogen (secondary N) is 1. The fraction of sp³-hybridized carbons (Fsp3) is 0.160. The molecule has 1 N–H and O–H groups in total. The van der Waals surface area contributed by atoms with Crippen LogP contribution in [0.2, 0.25) is 0 Å². The molecule has 0 aromatic heterocycles. The molecule has 4 rings (SSSR count). The van der Waals surface area contributed by atoms with E-state index in [1.54, 1.807) is 14.2 Å². The summed E-state index contributed by atoms with van der Waals surface area (Å²) in [5.74, 6) is 2.41. The van der Waals surface area contributed by atoms with Crippen molar-refractivity contribution >= 4 is 23.2 Å². The van der Waals surface area contributed by atoms with E-state index in [1.165, 1.54) is 0 Å². The van der Waals surface area contributed by atoms with Crippen LogP contribution >= 0.6 is 0 Å². The van der Waals surface area contributed by atoms with Crippen molar-refractivity contribution < 1.29 is 23.7 Å². The molecule has 0 saturated carbocycles. The average molecular weight is 417 g/mol. The van der Waals surface area contributed by atoms with Crippen LogP contribution in [0.5, 0.6) is 23.0 Å². The summed E-state index contributed by atoms with van der Waals surface area (Å²) in [7, 11) is 3.19. The predicted molar refractivity (Wildman–Crippen MR) is 120 cm³/mol. The Morgan fingerprint density at radius 1 is 0.774 bits per heavy atom. The smallest absolute Gasteiger partial charge is 0.256 e. The average Bonchev–Trinajstić information content (AvgIpc) is 3.12. The van der Waals surface area contributed by atoms with Crippen LogP contribution in [0.15, 0.2) is 66.7 Å². The molecule has 0 saturated heterocycles. The van der Waals surface area contributed by atoms with Crippen molar-refractivity contribution in [2.45, 2.75) is 0 Å². The summed E-state index contributed by atoms with van der Waals surface area (Å²) < 4.78 is 22.3. The van der Waals surface area contributed by atoms with Crippen molar-refractivity contribution in [3.05, 3.63) is 77.9 Å². The van der Waals surface area contributed by atoms with Gasteiger partial charge in [-0.05, 0) is 42.0 Å². The second-order valence-electron chi connectivity index (χ2n) is 6.82. The Hall–Kier alpha value is -3.93. The summed E-state index contributed by atoms with van der Waals surface area (Å²) in [5, 5.41) is 2.88. The normalized spacial score (nSPS) is 13.5. The molecule has 6 heteroatoms. The summed E-state index contributed by atoms with van der Waals surface area (Å²) in [6, 6.07) is 20.6. The van der Waals surface area contributed by atoms with Crippen LogP contribution in [0.3, 0.4) is 0 Å². The van der Waals surface area contributed by atoms with E-state index < -0.39 is 0 Å². The third-order valence-electron chi connectivity index (χ3n) is 4.88. The molecular formula is C25H23NO5. The first-order chi connectivity index (χ1) is 15.2. The van der Waals surface area contributed by atoms with Gasteiger partial charge in [-0.25, -0.2) is 0 Å². The van der Waals surface area contributed by atoms with Crippen LogP contribution < -0.4 is 24.3 Å². The van der Waals surface area contributed by atoms with Crippen LogP contribution in [0, 0.1) is 0 Å². The Labute approximate surface area is 181 Å². The minimum atomic E-state index is -0.117. The van der Waals surface area contributed by atoms with Gasteiger partial charge in [0.05, 0.1) is 14.2 Å². The molecule has 1 aliphatic rings. The molecule has 0 bridgehead atoms. The molecule has 6 nitrogen and oxygen atoms in total. The lowest BCUT2D eigenvalue weighted by Crippen LogP contribution is -2.10. The molecule has 0 fully saturated rings. The Kier molecular flexibility index (Phi) is 6.08. The van der Waals surface area contributed by atoms with Crippen LogP contribution in [0.1, 0.15) is 11.1 Å². The highest BCUT2D eigenvalue weighted by atomic mass is 16.5. The number of carbonyl (C=O) groups excluding carboxylic acids is 1. The van der Waals surface area contributed by atoms with E-state index >= 15 is 0 Å². The lowest BCUT2D eigenvalue weighted by Gasteiger charge is -2.13. The molecule has 0 spiro atoms. The third kappa shape index (κ3) is 4.48. The maximum Gasteiger partial charge on any atom is 0.256 e. The van der Waals surface area contributed by atoms with E-state index in [4.69, 9.17) is 18.9 Å². The van der Waals surface area contributed by atoms with Crippen molar-refractivity contribution in [3.8, 4) is 23.0 Å². The van der Waals surface area contributed by atoms with Gasteiger partial charge in [0.25, 0.3) is 5.91 Å². The molecule has 1 heterocycles. The quantitative estimate of drug-likeness (QED) is 0.427. The van der Waals surface area contributed by atoms with Gasteiger partial charge in [0.15, 0.2) is 23.0 Å². The number of amides is 1. The van der Waals surface area contributed by atoms with E-state index in [0.717, 1.165) is 16.8 Å². The third-order valence-corrected chi connectivity index (χ3v) is 4.88. The van der Waals surface area contributed by atoms with Gasteiger partial charge < -0.3 is 24.3 Å². The number of anilines is 1. The Morgan fingerprint density at radius 2 is 1.42 bits per heavy atom. The van der Waals surface area contributed by atoms with Gasteiger partial charge in [-0.2, -0.15) is 0 Å². The number of hydrogen-bond donors (Lipinski definition) is 1. The van der Waals surface area contributed by atoms with E-state index in [0.29, 0.717) is 41.8 Å². The van der Waals surface area contributed by atoms with E-state index in [1.807, 2.05) is 72.8 Å². The van der Waals surface area contributed by atoms with Gasteiger partial charge in [-0.15, -0.1) is 0 Å². The Bertz CT molecular complexity index is 1120. The zero-order valence-electron chi connectivity index (χ0n) is 17.4. The first-order valence-electron chi connectivity index (χ1n) is 9.88. The summed E-state index contributed by atoms with van der Waals surface area (Å²) in [5.41, 5.74) is 3.17. The number of ether oxygens (including phenoxy) is 4. The van der Waals surface area contributed by atoms with Gasteiger partial charge in [0, 0.05) is 16.8 Å². The molecule has 31 heavy (non-hydrogen) atoms. The standard InChI is InChI=1S/C25H23NO5/c1-28-21-9-5-6-10-22(21)30-13-14-31-23-12-11-17(16-24(23)29-2)15-19-18-7-3-4-8-20(18)26-25(19)27/h3-12,15-16H,13-14H2,1-2H3,(H,26,27)/b19-15+. The number of fused-ring (bicyclic) bond motifs is 1. The number of methoxy groups -OCH3 is 2. The first-order valence-corrected chi connectivity index (χ1v) is 9.88. The molecule has 3 aromatic carbocycles. The van der Waals surface area contributed by atoms with Gasteiger partial charge in [0.2, 0.25) is 0 Å². The topological polar surface area (TPSA) is 66.0 Å². The number of carbonyl (C=O) groups is 1. The number of benzene rings is 3. The van der Waals surface area contributed by atoms with Crippen LogP contribution in [-0.2, 0) is 4.79 Å². The van der Waals surface area contributed by atoms with Crippen molar-refractivity contribution in [1.82, 2.24) is 0 Å². The zero-order valence-corrected chi connectivity index (χ0v) is 17.4. The van der Waals surface area contributed by atoms with Gasteiger partial charge in [-0.3, -0.25) is 4.79 Å². The highest BCUT2D eigenvalue weighted by Crippen LogP contribution is 2.35. The minimum absolute atomic E-state index is 0.117. The second kappa shape index (κ2) is 9.26. The number of hydrogen-bond acceptors (Lipinski definition) is 5. The van der Waals surface area contributed by atoms with Crippen molar-refractivity contribution in [3.63, 3.8) is 0 Å².